The van der Waals surface area contributed by atoms with Gasteiger partial charge in [-0.05, 0) is 6.42 Å². The number of hydrogen-bond donors (Lipinski definition) is 1. The molecule has 0 spiro atoms. The van der Waals surface area contributed by atoms with Crippen LogP contribution in [0.2, 0.25) is 0 Å². The van der Waals surface area contributed by atoms with Crippen LogP contribution in [0.25, 0.3) is 0 Å². The first-order valence-electron chi connectivity index (χ1n) is 3.23. The fourth-order valence-corrected chi connectivity index (χ4v) is 1.46. The second-order valence-electron chi connectivity index (χ2n) is 2.23. The molecule has 0 aromatic carbocycles. The first-order chi connectivity index (χ1) is 5.45. The highest BCUT2D eigenvalue weighted by Crippen LogP contribution is 2.24. The van der Waals surface area contributed by atoms with Crippen molar-refractivity contribution in [3.05, 3.63) is 0 Å². The number of alkyl halides is 4. The Labute approximate surface area is 90.7 Å². The van der Waals surface area contributed by atoms with E-state index >= 15 is 0 Å². The van der Waals surface area contributed by atoms with Crippen molar-refractivity contribution in [2.75, 3.05) is 0 Å². The van der Waals surface area contributed by atoms with E-state index < -0.39 is 21.6 Å². The average Bonchev–Trinajstić information content (AvgIpc) is 1.98. The van der Waals surface area contributed by atoms with Gasteiger partial charge in [-0.3, -0.25) is 4.79 Å². The molecule has 6 heteroatoms. The van der Waals surface area contributed by atoms with Crippen molar-refractivity contribution >= 4 is 52.4 Å². The molecule has 0 heterocycles. The van der Waals surface area contributed by atoms with Crippen LogP contribution in [-0.2, 0) is 4.79 Å². The van der Waals surface area contributed by atoms with Gasteiger partial charge >= 0.3 is 5.97 Å². The molecule has 0 amide bonds. The maximum absolute atomic E-state index is 10.1. The van der Waals surface area contributed by atoms with Crippen LogP contribution in [0.3, 0.4) is 0 Å². The van der Waals surface area contributed by atoms with Gasteiger partial charge in [0, 0.05) is 6.42 Å². The highest BCUT2D eigenvalue weighted by atomic mass is 35.5. The van der Waals surface area contributed by atoms with Crippen molar-refractivity contribution in [1.82, 2.24) is 0 Å². The summed E-state index contributed by atoms with van der Waals surface area (Å²) in [6.45, 7) is 0. The summed E-state index contributed by atoms with van der Waals surface area (Å²) in [6, 6.07) is 0. The highest BCUT2D eigenvalue weighted by molar-refractivity contribution is 6.49. The van der Waals surface area contributed by atoms with Crippen molar-refractivity contribution in [3.63, 3.8) is 0 Å². The van der Waals surface area contributed by atoms with Gasteiger partial charge in [-0.25, -0.2) is 0 Å². The molecule has 0 radical (unpaired) electrons. The maximum Gasteiger partial charge on any atom is 0.303 e. The zero-order valence-electron chi connectivity index (χ0n) is 6.01. The molecule has 1 N–H and O–H groups in total. The first kappa shape index (κ1) is 12.6. The molecule has 0 aromatic heterocycles. The quantitative estimate of drug-likeness (QED) is 0.766. The molecule has 0 aromatic rings. The van der Waals surface area contributed by atoms with Gasteiger partial charge in [-0.2, -0.15) is 0 Å². The van der Waals surface area contributed by atoms with Gasteiger partial charge in [-0.1, -0.05) is 0 Å². The van der Waals surface area contributed by atoms with Crippen molar-refractivity contribution < 1.29 is 9.90 Å². The third-order valence-corrected chi connectivity index (χ3v) is 3.20. The van der Waals surface area contributed by atoms with E-state index in [2.05, 4.69) is 0 Å². The predicted octanol–water partition coefficient (Wildman–Crippen LogP) is 2.87. The molecule has 0 rings (SSSR count). The highest BCUT2D eigenvalue weighted by Gasteiger charge is 2.23. The van der Waals surface area contributed by atoms with Crippen molar-refractivity contribution in [2.45, 2.75) is 28.4 Å². The van der Waals surface area contributed by atoms with E-state index in [9.17, 15) is 4.79 Å². The Bertz CT molecular complexity index is 150. The van der Waals surface area contributed by atoms with E-state index in [1.165, 1.54) is 0 Å². The molecule has 0 bridgehead atoms. The Morgan fingerprint density at radius 1 is 1.25 bits per heavy atom. The predicted molar refractivity (Wildman–Crippen MR) is 51.6 cm³/mol. The molecule has 2 nitrogen and oxygen atoms in total. The number of carboxylic acid groups (broad SMARTS) is 1. The molecule has 72 valence electrons. The minimum Gasteiger partial charge on any atom is -0.481 e. The Hall–Kier alpha value is 0.630. The summed E-state index contributed by atoms with van der Waals surface area (Å²) < 4.78 is 0. The van der Waals surface area contributed by atoms with Crippen LogP contribution < -0.4 is 0 Å². The topological polar surface area (TPSA) is 37.3 Å². The zero-order valence-corrected chi connectivity index (χ0v) is 9.04. The third kappa shape index (κ3) is 5.31. The van der Waals surface area contributed by atoms with E-state index in [1.54, 1.807) is 0 Å². The number of rotatable bonds is 5. The lowest BCUT2D eigenvalue weighted by Gasteiger charge is -2.15. The summed E-state index contributed by atoms with van der Waals surface area (Å²) in [5, 5.41) is 7.19. The average molecular weight is 254 g/mol. The van der Waals surface area contributed by atoms with E-state index in [1.807, 2.05) is 0 Å². The Morgan fingerprint density at radius 3 is 2.08 bits per heavy atom. The van der Waals surface area contributed by atoms with Crippen molar-refractivity contribution in [2.24, 2.45) is 0 Å². The Balaban J connectivity index is 3.71. The summed E-state index contributed by atoms with van der Waals surface area (Å²) >= 11 is 22.2. The fourth-order valence-electron chi connectivity index (χ4n) is 0.578. The van der Waals surface area contributed by atoms with Crippen molar-refractivity contribution in [1.29, 1.82) is 0 Å². The maximum atomic E-state index is 10.1. The van der Waals surface area contributed by atoms with Crippen LogP contribution in [0.1, 0.15) is 12.8 Å². The smallest absolute Gasteiger partial charge is 0.303 e. The fraction of sp³-hybridized carbons (Fsp3) is 0.833. The van der Waals surface area contributed by atoms with Gasteiger partial charge in [0.2, 0.25) is 0 Å². The molecule has 2 atom stereocenters. The van der Waals surface area contributed by atoms with E-state index in [0.717, 1.165) is 0 Å². The molecule has 0 saturated heterocycles. The normalized spacial score (nSPS) is 16.1. The minimum absolute atomic E-state index is 0.0299. The standard InChI is InChI=1S/C6H8Cl4O2/c7-3(1-2-4(11)12)5(8)6(9)10/h3,5-6H,1-2H2,(H,11,12). The molecule has 0 fully saturated rings. The second-order valence-corrected chi connectivity index (χ2v) is 4.46. The number of aliphatic carboxylic acids is 1. The third-order valence-electron chi connectivity index (χ3n) is 1.22. The van der Waals surface area contributed by atoms with Crippen LogP contribution in [0.4, 0.5) is 0 Å². The second kappa shape index (κ2) is 6.14. The van der Waals surface area contributed by atoms with Crippen LogP contribution in [0.15, 0.2) is 0 Å². The summed E-state index contributed by atoms with van der Waals surface area (Å²) in [4.78, 5) is 9.35. The molecule has 12 heavy (non-hydrogen) atoms. The molecule has 0 aliphatic rings. The number of hydrogen-bond acceptors (Lipinski definition) is 1. The van der Waals surface area contributed by atoms with E-state index in [-0.39, 0.29) is 12.8 Å². The SMILES string of the molecule is O=C(O)CCC(Cl)C(Cl)C(Cl)Cl. The number of halogens is 4. The lowest BCUT2D eigenvalue weighted by atomic mass is 10.2. The van der Waals surface area contributed by atoms with Gasteiger partial charge in [0.05, 0.1) is 10.8 Å². The van der Waals surface area contributed by atoms with Gasteiger partial charge in [0.15, 0.2) is 0 Å². The van der Waals surface area contributed by atoms with Crippen LogP contribution >= 0.6 is 46.4 Å². The molecule has 0 saturated carbocycles. The lowest BCUT2D eigenvalue weighted by molar-refractivity contribution is -0.137. The molecule has 2 unspecified atom stereocenters. The van der Waals surface area contributed by atoms with Gasteiger partial charge in [0.1, 0.15) is 4.84 Å². The zero-order chi connectivity index (χ0) is 9.72. The molecule has 0 aliphatic heterocycles. The summed E-state index contributed by atoms with van der Waals surface area (Å²) in [6.07, 6.45) is 0.235. The van der Waals surface area contributed by atoms with Gasteiger partial charge in [0.25, 0.3) is 0 Å². The molecule has 0 aliphatic carbocycles. The lowest BCUT2D eigenvalue weighted by Crippen LogP contribution is -2.22. The van der Waals surface area contributed by atoms with E-state index in [0.29, 0.717) is 0 Å². The van der Waals surface area contributed by atoms with Crippen LogP contribution in [0, 0.1) is 0 Å². The Morgan fingerprint density at radius 2 is 1.75 bits per heavy atom. The summed E-state index contributed by atoms with van der Waals surface area (Å²) in [7, 11) is 0. The monoisotopic (exact) mass is 252 g/mol. The first-order valence-corrected chi connectivity index (χ1v) is 4.97. The molecular weight excluding hydrogens is 246 g/mol. The number of carbonyl (C=O) groups is 1. The Kier molecular flexibility index (Phi) is 6.46. The largest absolute Gasteiger partial charge is 0.481 e. The van der Waals surface area contributed by atoms with Crippen LogP contribution in [-0.4, -0.2) is 26.7 Å². The summed E-state index contributed by atoms with van der Waals surface area (Å²) in [5.41, 5.74) is 0. The minimum atomic E-state index is -0.912. The van der Waals surface area contributed by atoms with Gasteiger partial charge in [-0.15, -0.1) is 46.4 Å². The summed E-state index contributed by atoms with van der Waals surface area (Å²) in [5.74, 6) is -0.912. The number of carboxylic acids is 1. The van der Waals surface area contributed by atoms with Crippen LogP contribution in [0.5, 0.6) is 0 Å². The molecular formula is C6H8Cl4O2. The van der Waals surface area contributed by atoms with Crippen molar-refractivity contribution in [3.8, 4) is 0 Å². The van der Waals surface area contributed by atoms with E-state index in [4.69, 9.17) is 51.5 Å². The van der Waals surface area contributed by atoms with Gasteiger partial charge < -0.3 is 5.11 Å².